The average molecular weight is 253 g/mol. The second-order valence-electron chi connectivity index (χ2n) is 4.62. The molecule has 3 N–H and O–H groups in total. The monoisotopic (exact) mass is 253 g/mol. The van der Waals surface area contributed by atoms with Crippen molar-refractivity contribution in [3.05, 3.63) is 11.9 Å². The average Bonchev–Trinajstić information content (AvgIpc) is 2.70. The highest BCUT2D eigenvalue weighted by Gasteiger charge is 2.14. The number of carbonyl (C=O) groups is 1. The number of amides is 1. The largest absolute Gasteiger partial charge is 0.396 e. The highest BCUT2D eigenvalue weighted by molar-refractivity contribution is 5.96. The number of nitrogen functional groups attached to an aromatic ring is 1. The molecule has 0 radical (unpaired) electrons. The molecule has 0 atom stereocenters. The third kappa shape index (κ3) is 3.73. The summed E-state index contributed by atoms with van der Waals surface area (Å²) in [4.78, 5) is 14.0. The molecule has 0 saturated carbocycles. The first-order chi connectivity index (χ1) is 8.45. The molecule has 0 aliphatic carbocycles. The normalized spacial score (nSPS) is 11.2. The van der Waals surface area contributed by atoms with E-state index in [0.717, 1.165) is 6.54 Å². The van der Waals surface area contributed by atoms with Gasteiger partial charge in [-0.2, -0.15) is 5.10 Å². The van der Waals surface area contributed by atoms with E-state index in [0.29, 0.717) is 30.5 Å². The van der Waals surface area contributed by atoms with E-state index in [1.54, 1.807) is 10.9 Å². The smallest absolute Gasteiger partial charge is 0.273 e. The van der Waals surface area contributed by atoms with Gasteiger partial charge in [0.2, 0.25) is 0 Å². The topological polar surface area (TPSA) is 76.2 Å². The van der Waals surface area contributed by atoms with E-state index in [1.807, 2.05) is 14.0 Å². The maximum atomic E-state index is 11.9. The van der Waals surface area contributed by atoms with Gasteiger partial charge in [0.05, 0.1) is 5.69 Å². The first kappa shape index (κ1) is 14.5. The summed E-state index contributed by atoms with van der Waals surface area (Å²) in [5, 5.41) is 6.95. The van der Waals surface area contributed by atoms with Gasteiger partial charge in [-0.25, -0.2) is 0 Å². The van der Waals surface area contributed by atoms with Gasteiger partial charge < -0.3 is 16.0 Å². The zero-order valence-corrected chi connectivity index (χ0v) is 11.6. The molecule has 0 saturated heterocycles. The van der Waals surface area contributed by atoms with Crippen molar-refractivity contribution in [2.75, 3.05) is 25.9 Å². The standard InChI is InChI=1S/C12H23N5O/c1-5-17-8-10(13)11(15-17)12(18)14-6-7-16(4)9(2)3/h8-9H,5-7,13H2,1-4H3,(H,14,18). The van der Waals surface area contributed by atoms with Crippen LogP contribution < -0.4 is 11.1 Å². The van der Waals surface area contributed by atoms with Gasteiger partial charge in [0, 0.05) is 31.9 Å². The number of aryl methyl sites for hydroxylation is 1. The van der Waals surface area contributed by atoms with Gasteiger partial charge in [-0.15, -0.1) is 0 Å². The Morgan fingerprint density at radius 1 is 1.61 bits per heavy atom. The number of nitrogens with one attached hydrogen (secondary N) is 1. The minimum atomic E-state index is -0.211. The Bertz CT molecular complexity index is 399. The van der Waals surface area contributed by atoms with Crippen LogP contribution in [0.1, 0.15) is 31.3 Å². The molecule has 1 heterocycles. The molecule has 6 nitrogen and oxygen atoms in total. The summed E-state index contributed by atoms with van der Waals surface area (Å²) in [6.45, 7) is 8.27. The Balaban J connectivity index is 2.48. The fourth-order valence-corrected chi connectivity index (χ4v) is 1.46. The van der Waals surface area contributed by atoms with Crippen LogP contribution in [0.5, 0.6) is 0 Å². The van der Waals surface area contributed by atoms with Gasteiger partial charge in [-0.1, -0.05) is 0 Å². The number of anilines is 1. The number of hydrogen-bond donors (Lipinski definition) is 2. The Labute approximate surface area is 108 Å². The molecule has 18 heavy (non-hydrogen) atoms. The summed E-state index contributed by atoms with van der Waals surface area (Å²) in [7, 11) is 2.02. The minimum absolute atomic E-state index is 0.211. The lowest BCUT2D eigenvalue weighted by Crippen LogP contribution is -2.36. The van der Waals surface area contributed by atoms with Gasteiger partial charge in [-0.05, 0) is 27.8 Å². The van der Waals surface area contributed by atoms with Crippen LogP contribution in [-0.2, 0) is 6.54 Å². The number of likely N-dealkylation sites (N-methyl/N-ethyl adjacent to an activating group) is 1. The van der Waals surface area contributed by atoms with Crippen molar-refractivity contribution >= 4 is 11.6 Å². The third-order valence-corrected chi connectivity index (χ3v) is 2.96. The van der Waals surface area contributed by atoms with Crippen LogP contribution in [-0.4, -0.2) is 46.8 Å². The number of aromatic nitrogens is 2. The van der Waals surface area contributed by atoms with E-state index >= 15 is 0 Å². The summed E-state index contributed by atoms with van der Waals surface area (Å²) >= 11 is 0. The summed E-state index contributed by atoms with van der Waals surface area (Å²) in [6, 6.07) is 0.464. The maximum absolute atomic E-state index is 11.9. The molecule has 0 aliphatic heterocycles. The lowest BCUT2D eigenvalue weighted by molar-refractivity contribution is 0.0943. The van der Waals surface area contributed by atoms with E-state index in [9.17, 15) is 4.79 Å². The fraction of sp³-hybridized carbons (Fsp3) is 0.667. The van der Waals surface area contributed by atoms with Crippen molar-refractivity contribution in [1.82, 2.24) is 20.0 Å². The Hall–Kier alpha value is -1.56. The summed E-state index contributed by atoms with van der Waals surface area (Å²) in [5.74, 6) is -0.211. The first-order valence-corrected chi connectivity index (χ1v) is 6.27. The molecule has 1 amide bonds. The zero-order valence-electron chi connectivity index (χ0n) is 11.6. The summed E-state index contributed by atoms with van der Waals surface area (Å²) in [5.41, 5.74) is 6.48. The van der Waals surface area contributed by atoms with Gasteiger partial charge in [-0.3, -0.25) is 9.48 Å². The van der Waals surface area contributed by atoms with Crippen LogP contribution in [0.2, 0.25) is 0 Å². The van der Waals surface area contributed by atoms with E-state index in [-0.39, 0.29) is 5.91 Å². The van der Waals surface area contributed by atoms with Crippen LogP contribution in [0.3, 0.4) is 0 Å². The SMILES string of the molecule is CCn1cc(N)c(C(=O)NCCN(C)C(C)C)n1. The molecular formula is C12H23N5O. The van der Waals surface area contributed by atoms with E-state index in [1.165, 1.54) is 0 Å². The van der Waals surface area contributed by atoms with E-state index < -0.39 is 0 Å². The van der Waals surface area contributed by atoms with Crippen LogP contribution in [0.15, 0.2) is 6.20 Å². The van der Waals surface area contributed by atoms with Crippen molar-refractivity contribution in [2.24, 2.45) is 0 Å². The zero-order chi connectivity index (χ0) is 13.7. The Kier molecular flexibility index (Phi) is 5.15. The second-order valence-corrected chi connectivity index (χ2v) is 4.62. The molecule has 0 fully saturated rings. The number of carbonyl (C=O) groups excluding carboxylic acids is 1. The van der Waals surface area contributed by atoms with Crippen molar-refractivity contribution in [3.8, 4) is 0 Å². The van der Waals surface area contributed by atoms with Gasteiger partial charge in [0.25, 0.3) is 5.91 Å². The quantitative estimate of drug-likeness (QED) is 0.776. The van der Waals surface area contributed by atoms with Crippen molar-refractivity contribution in [2.45, 2.75) is 33.4 Å². The van der Waals surface area contributed by atoms with Gasteiger partial charge in [0.15, 0.2) is 5.69 Å². The second kappa shape index (κ2) is 6.39. The molecule has 6 heteroatoms. The fourth-order valence-electron chi connectivity index (χ4n) is 1.46. The molecule has 0 unspecified atom stereocenters. The Morgan fingerprint density at radius 3 is 2.78 bits per heavy atom. The molecular weight excluding hydrogens is 230 g/mol. The third-order valence-electron chi connectivity index (χ3n) is 2.96. The highest BCUT2D eigenvalue weighted by atomic mass is 16.2. The van der Waals surface area contributed by atoms with Crippen molar-refractivity contribution in [1.29, 1.82) is 0 Å². The molecule has 1 rings (SSSR count). The molecule has 1 aromatic rings. The van der Waals surface area contributed by atoms with Crippen LogP contribution in [0.4, 0.5) is 5.69 Å². The predicted octanol–water partition coefficient (Wildman–Crippen LogP) is 0.555. The van der Waals surface area contributed by atoms with Crippen LogP contribution >= 0.6 is 0 Å². The van der Waals surface area contributed by atoms with E-state index in [4.69, 9.17) is 5.73 Å². The Morgan fingerprint density at radius 2 is 2.28 bits per heavy atom. The molecule has 102 valence electrons. The molecule has 0 bridgehead atoms. The molecule has 0 aliphatic rings. The lowest BCUT2D eigenvalue weighted by atomic mass is 10.3. The molecule has 0 aromatic carbocycles. The van der Waals surface area contributed by atoms with Crippen LogP contribution in [0.25, 0.3) is 0 Å². The maximum Gasteiger partial charge on any atom is 0.273 e. The van der Waals surface area contributed by atoms with Crippen molar-refractivity contribution in [3.63, 3.8) is 0 Å². The first-order valence-electron chi connectivity index (χ1n) is 6.27. The molecule has 1 aromatic heterocycles. The van der Waals surface area contributed by atoms with Gasteiger partial charge >= 0.3 is 0 Å². The number of nitrogens with zero attached hydrogens (tertiary/aromatic N) is 3. The summed E-state index contributed by atoms with van der Waals surface area (Å²) < 4.78 is 1.66. The molecule has 0 spiro atoms. The predicted molar refractivity (Wildman–Crippen MR) is 72.4 cm³/mol. The lowest BCUT2D eigenvalue weighted by Gasteiger charge is -2.20. The number of nitrogens with two attached hydrogens (primary N) is 1. The number of hydrogen-bond acceptors (Lipinski definition) is 4. The van der Waals surface area contributed by atoms with Crippen molar-refractivity contribution < 1.29 is 4.79 Å². The van der Waals surface area contributed by atoms with Crippen LogP contribution in [0, 0.1) is 0 Å². The number of rotatable bonds is 6. The summed E-state index contributed by atoms with van der Waals surface area (Å²) in [6.07, 6.45) is 1.68. The van der Waals surface area contributed by atoms with E-state index in [2.05, 4.69) is 29.2 Å². The van der Waals surface area contributed by atoms with Gasteiger partial charge in [0.1, 0.15) is 0 Å². The minimum Gasteiger partial charge on any atom is -0.396 e. The highest BCUT2D eigenvalue weighted by Crippen LogP contribution is 2.08.